The summed E-state index contributed by atoms with van der Waals surface area (Å²) in [5, 5.41) is 3.11. The molecule has 5 nitrogen and oxygen atoms in total. The van der Waals surface area contributed by atoms with Gasteiger partial charge in [-0.25, -0.2) is 9.78 Å². The first kappa shape index (κ1) is 10.7. The van der Waals surface area contributed by atoms with Crippen LogP contribution in [0, 0.1) is 0 Å². The number of nitrogens with one attached hydrogen (secondary N) is 1. The smallest absolute Gasteiger partial charge is 0.339 e. The maximum atomic E-state index is 11.4. The molecular formula is C11H12ClN3O2. The molecule has 3 rings (SSSR count). The summed E-state index contributed by atoms with van der Waals surface area (Å²) in [6.45, 7) is 0. The zero-order valence-corrected chi connectivity index (χ0v) is 10.1. The van der Waals surface area contributed by atoms with Crippen molar-refractivity contribution in [3.8, 4) is 0 Å². The maximum Gasteiger partial charge on any atom is 0.339 e. The molecule has 2 aliphatic rings. The normalized spacial score (nSPS) is 22.0. The topological polar surface area (TPSA) is 54.5 Å². The minimum Gasteiger partial charge on any atom is -0.465 e. The first-order valence-electron chi connectivity index (χ1n) is 5.48. The number of halogens is 1. The number of aromatic nitrogens is 1. The third kappa shape index (κ3) is 1.70. The number of nitrogens with zero attached hydrogens (tertiary/aromatic N) is 2. The van der Waals surface area contributed by atoms with Gasteiger partial charge in [0.25, 0.3) is 0 Å². The molecule has 0 amide bonds. The molecule has 17 heavy (non-hydrogen) atoms. The van der Waals surface area contributed by atoms with Crippen LogP contribution in [0.1, 0.15) is 23.2 Å². The van der Waals surface area contributed by atoms with E-state index in [1.807, 2.05) is 0 Å². The van der Waals surface area contributed by atoms with Gasteiger partial charge in [-0.15, -0.1) is 0 Å². The highest BCUT2D eigenvalue weighted by Crippen LogP contribution is 2.42. The van der Waals surface area contributed by atoms with E-state index in [9.17, 15) is 4.79 Å². The average Bonchev–Trinajstić information content (AvgIpc) is 3.10. The van der Waals surface area contributed by atoms with E-state index in [0.29, 0.717) is 11.6 Å². The average molecular weight is 254 g/mol. The van der Waals surface area contributed by atoms with E-state index in [0.717, 1.165) is 24.3 Å². The predicted octanol–water partition coefficient (Wildman–Crippen LogP) is 1.78. The van der Waals surface area contributed by atoms with Gasteiger partial charge in [0, 0.05) is 12.2 Å². The van der Waals surface area contributed by atoms with Crippen LogP contribution in [0.25, 0.3) is 0 Å². The lowest BCUT2D eigenvalue weighted by Crippen LogP contribution is -2.33. The van der Waals surface area contributed by atoms with Crippen LogP contribution in [0.4, 0.5) is 11.5 Å². The van der Waals surface area contributed by atoms with Gasteiger partial charge in [-0.1, -0.05) is 11.6 Å². The monoisotopic (exact) mass is 253 g/mol. The Morgan fingerprint density at radius 1 is 1.65 bits per heavy atom. The van der Waals surface area contributed by atoms with E-state index < -0.39 is 5.97 Å². The van der Waals surface area contributed by atoms with E-state index >= 15 is 0 Å². The van der Waals surface area contributed by atoms with Crippen LogP contribution in [0.2, 0.25) is 0 Å². The van der Waals surface area contributed by atoms with Gasteiger partial charge in [0.15, 0.2) is 11.4 Å². The van der Waals surface area contributed by atoms with Crippen molar-refractivity contribution in [1.29, 1.82) is 0 Å². The van der Waals surface area contributed by atoms with E-state index in [4.69, 9.17) is 11.6 Å². The van der Waals surface area contributed by atoms with Crippen LogP contribution in [0.15, 0.2) is 12.3 Å². The summed E-state index contributed by atoms with van der Waals surface area (Å²) in [6, 6.07) is 2.20. The van der Waals surface area contributed by atoms with E-state index in [1.165, 1.54) is 13.3 Å². The van der Waals surface area contributed by atoms with E-state index in [1.54, 1.807) is 6.07 Å². The predicted molar refractivity (Wildman–Crippen MR) is 64.3 cm³/mol. The van der Waals surface area contributed by atoms with Crippen molar-refractivity contribution in [2.45, 2.75) is 24.5 Å². The van der Waals surface area contributed by atoms with Crippen LogP contribution in [0.5, 0.6) is 0 Å². The summed E-state index contributed by atoms with van der Waals surface area (Å²) < 4.78 is 4.66. The molecule has 1 N–H and O–H groups in total. The number of pyridine rings is 1. The third-order valence-corrected chi connectivity index (χ3v) is 3.31. The number of rotatable bonds is 2. The second-order valence-electron chi connectivity index (χ2n) is 4.21. The maximum absolute atomic E-state index is 11.4. The van der Waals surface area contributed by atoms with Gasteiger partial charge in [-0.2, -0.15) is 0 Å². The molecule has 1 fully saturated rings. The fourth-order valence-electron chi connectivity index (χ4n) is 2.01. The standard InChI is InChI=1S/C11H12ClN3O2/c1-17-10(16)6-4-8-9(13-5-6)15(7-2-3-7)11(12)14-8/h4-5,7,11,14H,2-3H2,1H3. The largest absolute Gasteiger partial charge is 0.465 e. The molecule has 1 aromatic heterocycles. The lowest BCUT2D eigenvalue weighted by Gasteiger charge is -2.20. The minimum atomic E-state index is -0.391. The molecule has 0 saturated heterocycles. The van der Waals surface area contributed by atoms with Gasteiger partial charge in [-0.3, -0.25) is 0 Å². The number of alkyl halides is 1. The first-order valence-corrected chi connectivity index (χ1v) is 5.91. The number of carbonyl (C=O) groups excluding carboxylic acids is 1. The van der Waals surface area contributed by atoms with Gasteiger partial charge >= 0.3 is 5.97 Å². The minimum absolute atomic E-state index is 0.280. The number of hydrogen-bond donors (Lipinski definition) is 1. The summed E-state index contributed by atoms with van der Waals surface area (Å²) >= 11 is 6.20. The number of esters is 1. The lowest BCUT2D eigenvalue weighted by molar-refractivity contribution is 0.0600. The van der Waals surface area contributed by atoms with Crippen molar-refractivity contribution in [3.63, 3.8) is 0 Å². The van der Waals surface area contributed by atoms with Crippen LogP contribution in [0.3, 0.4) is 0 Å². The summed E-state index contributed by atoms with van der Waals surface area (Å²) in [5.41, 5.74) is 0.943. The second-order valence-corrected chi connectivity index (χ2v) is 4.62. The lowest BCUT2D eigenvalue weighted by atomic mass is 10.2. The Balaban J connectivity index is 1.95. The molecular weight excluding hydrogens is 242 g/mol. The quantitative estimate of drug-likeness (QED) is 0.495. The molecule has 1 aromatic rings. The van der Waals surface area contributed by atoms with Crippen LogP contribution < -0.4 is 10.2 Å². The van der Waals surface area contributed by atoms with Gasteiger partial charge in [-0.05, 0) is 18.9 Å². The molecule has 2 heterocycles. The molecule has 1 saturated carbocycles. The molecule has 90 valence electrons. The zero-order valence-electron chi connectivity index (χ0n) is 9.31. The number of ether oxygens (including phenoxy) is 1. The van der Waals surface area contributed by atoms with Crippen molar-refractivity contribution < 1.29 is 9.53 Å². The molecule has 1 aliphatic heterocycles. The van der Waals surface area contributed by atoms with Crippen molar-refractivity contribution >= 4 is 29.1 Å². The highest BCUT2D eigenvalue weighted by Gasteiger charge is 2.39. The Morgan fingerprint density at radius 3 is 3.06 bits per heavy atom. The highest BCUT2D eigenvalue weighted by molar-refractivity contribution is 6.24. The Kier molecular flexibility index (Phi) is 2.36. The second kappa shape index (κ2) is 3.77. The van der Waals surface area contributed by atoms with Gasteiger partial charge in [0.2, 0.25) is 0 Å². The molecule has 1 atom stereocenters. The zero-order chi connectivity index (χ0) is 12.0. The van der Waals surface area contributed by atoms with Crippen molar-refractivity contribution in [2.24, 2.45) is 0 Å². The number of methoxy groups -OCH3 is 1. The summed E-state index contributed by atoms with van der Waals surface area (Å²) in [6.07, 6.45) is 3.81. The van der Waals surface area contributed by atoms with Crippen LogP contribution >= 0.6 is 11.6 Å². The number of hydrogen-bond acceptors (Lipinski definition) is 5. The molecule has 1 unspecified atom stereocenters. The summed E-state index contributed by atoms with van der Waals surface area (Å²) in [4.78, 5) is 17.7. The Morgan fingerprint density at radius 2 is 2.41 bits per heavy atom. The first-order chi connectivity index (χ1) is 8.20. The SMILES string of the molecule is COC(=O)c1cnc2c(c1)NC(Cl)N2C1CC1. The van der Waals surface area contributed by atoms with Crippen LogP contribution in [-0.4, -0.2) is 29.7 Å². The summed E-state index contributed by atoms with van der Waals surface area (Å²) in [5.74, 6) is 0.429. The Labute approximate surface area is 104 Å². The molecule has 1 aliphatic carbocycles. The fraction of sp³-hybridized carbons (Fsp3) is 0.455. The number of anilines is 2. The third-order valence-electron chi connectivity index (χ3n) is 2.99. The molecule has 0 aromatic carbocycles. The fourth-order valence-corrected chi connectivity index (χ4v) is 2.38. The van der Waals surface area contributed by atoms with Gasteiger partial charge in [0.05, 0.1) is 18.4 Å². The van der Waals surface area contributed by atoms with Crippen molar-refractivity contribution in [2.75, 3.05) is 17.3 Å². The van der Waals surface area contributed by atoms with E-state index in [-0.39, 0.29) is 5.62 Å². The molecule has 6 heteroatoms. The number of carbonyl (C=O) groups is 1. The molecule has 0 bridgehead atoms. The Hall–Kier alpha value is -1.49. The Bertz CT molecular complexity index is 476. The summed E-state index contributed by atoms with van der Waals surface area (Å²) in [7, 11) is 1.35. The highest BCUT2D eigenvalue weighted by atomic mass is 35.5. The van der Waals surface area contributed by atoms with Gasteiger partial charge < -0.3 is 15.0 Å². The molecule has 0 spiro atoms. The van der Waals surface area contributed by atoms with Crippen molar-refractivity contribution in [3.05, 3.63) is 17.8 Å². The van der Waals surface area contributed by atoms with Crippen molar-refractivity contribution in [1.82, 2.24) is 4.98 Å². The number of fused-ring (bicyclic) bond motifs is 1. The van der Waals surface area contributed by atoms with Crippen LogP contribution in [-0.2, 0) is 4.74 Å². The van der Waals surface area contributed by atoms with Gasteiger partial charge in [0.1, 0.15) is 0 Å². The van der Waals surface area contributed by atoms with E-state index in [2.05, 4.69) is 19.9 Å². The molecule has 0 radical (unpaired) electrons.